The van der Waals surface area contributed by atoms with Crippen molar-refractivity contribution in [2.45, 2.75) is 19.0 Å². The van der Waals surface area contributed by atoms with Crippen LogP contribution in [0, 0.1) is 0 Å². The third-order valence-corrected chi connectivity index (χ3v) is 3.91. The van der Waals surface area contributed by atoms with Gasteiger partial charge in [-0.1, -0.05) is 36.4 Å². The predicted molar refractivity (Wildman–Crippen MR) is 70.8 cm³/mol. The lowest BCUT2D eigenvalue weighted by Gasteiger charge is -2.13. The van der Waals surface area contributed by atoms with Crippen molar-refractivity contribution in [1.82, 2.24) is 5.32 Å². The average Bonchev–Trinajstić information content (AvgIpc) is 3.04. The maximum Gasteiger partial charge on any atom is 0.122 e. The van der Waals surface area contributed by atoms with Crippen LogP contribution < -0.4 is 10.1 Å². The molecule has 90 valence electrons. The second kappa shape index (κ2) is 3.85. The van der Waals surface area contributed by atoms with Gasteiger partial charge in [-0.05, 0) is 28.3 Å². The molecule has 0 saturated heterocycles. The second-order valence-electron chi connectivity index (χ2n) is 4.98. The molecular weight excluding hydrogens is 222 g/mol. The van der Waals surface area contributed by atoms with Gasteiger partial charge in [0.15, 0.2) is 0 Å². The Morgan fingerprint density at radius 1 is 1.06 bits per heavy atom. The highest BCUT2D eigenvalue weighted by Crippen LogP contribution is 2.34. The van der Waals surface area contributed by atoms with Crippen molar-refractivity contribution in [3.8, 4) is 5.75 Å². The molecule has 1 atom stereocenters. The van der Waals surface area contributed by atoms with Crippen LogP contribution in [0.1, 0.15) is 28.3 Å². The van der Waals surface area contributed by atoms with Gasteiger partial charge in [0.25, 0.3) is 0 Å². The van der Waals surface area contributed by atoms with Crippen molar-refractivity contribution < 1.29 is 4.74 Å². The number of benzene rings is 2. The molecule has 18 heavy (non-hydrogen) atoms. The summed E-state index contributed by atoms with van der Waals surface area (Å²) in [5.41, 5.74) is 5.53. The Morgan fingerprint density at radius 3 is 3.00 bits per heavy atom. The smallest absolute Gasteiger partial charge is 0.122 e. The molecule has 0 amide bonds. The van der Waals surface area contributed by atoms with Crippen LogP contribution in [0.15, 0.2) is 42.5 Å². The second-order valence-corrected chi connectivity index (χ2v) is 4.98. The molecule has 2 aliphatic heterocycles. The first-order chi connectivity index (χ1) is 8.92. The number of nitrogens with one attached hydrogen (secondary N) is 1. The van der Waals surface area contributed by atoms with Crippen molar-refractivity contribution in [3.63, 3.8) is 0 Å². The summed E-state index contributed by atoms with van der Waals surface area (Å²) >= 11 is 0. The van der Waals surface area contributed by atoms with E-state index in [9.17, 15) is 0 Å². The summed E-state index contributed by atoms with van der Waals surface area (Å²) in [6, 6.07) is 15.6. The van der Waals surface area contributed by atoms with Gasteiger partial charge in [0.05, 0.1) is 12.6 Å². The molecule has 0 bridgehead atoms. The third-order valence-electron chi connectivity index (χ3n) is 3.91. The Bertz CT molecular complexity index is 606. The van der Waals surface area contributed by atoms with E-state index in [1.807, 2.05) is 0 Å². The average molecular weight is 237 g/mol. The van der Waals surface area contributed by atoms with Crippen LogP contribution in [0.25, 0.3) is 0 Å². The fourth-order valence-corrected chi connectivity index (χ4v) is 2.98. The maximum absolute atomic E-state index is 5.57. The SMILES string of the molecule is c1ccc2c(c1)CNC2c1ccc2c(c1)CCO2. The van der Waals surface area contributed by atoms with Crippen molar-refractivity contribution in [1.29, 1.82) is 0 Å². The monoisotopic (exact) mass is 237 g/mol. The standard InChI is InChI=1S/C16H15NO/c1-2-4-14-13(3-1)10-17-16(14)12-5-6-15-11(9-12)7-8-18-15/h1-6,9,16-17H,7-8,10H2. The summed E-state index contributed by atoms with van der Waals surface area (Å²) in [5, 5.41) is 3.59. The topological polar surface area (TPSA) is 21.3 Å². The van der Waals surface area contributed by atoms with E-state index in [0.717, 1.165) is 25.3 Å². The highest BCUT2D eigenvalue weighted by atomic mass is 16.5. The number of hydrogen-bond acceptors (Lipinski definition) is 2. The minimum atomic E-state index is 0.340. The zero-order valence-electron chi connectivity index (χ0n) is 10.1. The van der Waals surface area contributed by atoms with Gasteiger partial charge in [0.1, 0.15) is 5.75 Å². The van der Waals surface area contributed by atoms with E-state index in [0.29, 0.717) is 6.04 Å². The molecule has 2 nitrogen and oxygen atoms in total. The molecule has 0 aliphatic carbocycles. The molecule has 0 saturated carbocycles. The van der Waals surface area contributed by atoms with Crippen molar-refractivity contribution in [2.75, 3.05) is 6.61 Å². The Morgan fingerprint density at radius 2 is 2.00 bits per heavy atom. The first kappa shape index (κ1) is 10.2. The molecule has 2 aromatic rings. The lowest BCUT2D eigenvalue weighted by molar-refractivity contribution is 0.357. The summed E-state index contributed by atoms with van der Waals surface area (Å²) in [5.74, 6) is 1.06. The molecule has 2 heterocycles. The Hall–Kier alpha value is -1.80. The molecule has 2 aromatic carbocycles. The van der Waals surface area contributed by atoms with Gasteiger partial charge in [0, 0.05) is 13.0 Å². The molecule has 0 fully saturated rings. The van der Waals surface area contributed by atoms with Gasteiger partial charge in [-0.2, -0.15) is 0 Å². The van der Waals surface area contributed by atoms with Crippen LogP contribution >= 0.6 is 0 Å². The summed E-state index contributed by atoms with van der Waals surface area (Å²) in [7, 11) is 0. The third kappa shape index (κ3) is 1.46. The van der Waals surface area contributed by atoms with Crippen LogP contribution in [-0.2, 0) is 13.0 Å². The van der Waals surface area contributed by atoms with Crippen LogP contribution in [-0.4, -0.2) is 6.61 Å². The highest BCUT2D eigenvalue weighted by molar-refractivity contribution is 5.46. The van der Waals surface area contributed by atoms with Gasteiger partial charge in [0.2, 0.25) is 0 Å². The van der Waals surface area contributed by atoms with Crippen LogP contribution in [0.5, 0.6) is 5.75 Å². The van der Waals surface area contributed by atoms with E-state index in [1.165, 1.54) is 22.3 Å². The number of fused-ring (bicyclic) bond motifs is 2. The molecule has 0 radical (unpaired) electrons. The van der Waals surface area contributed by atoms with E-state index in [2.05, 4.69) is 47.8 Å². The molecule has 1 unspecified atom stereocenters. The lowest BCUT2D eigenvalue weighted by atomic mass is 9.96. The summed E-state index contributed by atoms with van der Waals surface area (Å²) in [4.78, 5) is 0. The summed E-state index contributed by atoms with van der Waals surface area (Å²) < 4.78 is 5.57. The first-order valence-corrected chi connectivity index (χ1v) is 6.48. The van der Waals surface area contributed by atoms with Gasteiger partial charge < -0.3 is 10.1 Å². The molecule has 0 aromatic heterocycles. The van der Waals surface area contributed by atoms with Crippen LogP contribution in [0.3, 0.4) is 0 Å². The minimum Gasteiger partial charge on any atom is -0.493 e. The zero-order chi connectivity index (χ0) is 11.9. The summed E-state index contributed by atoms with van der Waals surface area (Å²) in [6.07, 6.45) is 1.04. The zero-order valence-corrected chi connectivity index (χ0v) is 10.1. The van der Waals surface area contributed by atoms with E-state index >= 15 is 0 Å². The van der Waals surface area contributed by atoms with Crippen molar-refractivity contribution in [3.05, 3.63) is 64.7 Å². The quantitative estimate of drug-likeness (QED) is 0.823. The Labute approximate surface area is 107 Å². The molecule has 2 aliphatic rings. The normalized spacial score (nSPS) is 20.3. The number of ether oxygens (including phenoxy) is 1. The lowest BCUT2D eigenvalue weighted by Crippen LogP contribution is -2.13. The van der Waals surface area contributed by atoms with E-state index in [-0.39, 0.29) is 0 Å². The highest BCUT2D eigenvalue weighted by Gasteiger charge is 2.24. The van der Waals surface area contributed by atoms with Gasteiger partial charge >= 0.3 is 0 Å². The van der Waals surface area contributed by atoms with Gasteiger partial charge in [-0.3, -0.25) is 0 Å². The Balaban J connectivity index is 1.77. The number of hydrogen-bond donors (Lipinski definition) is 1. The molecule has 2 heteroatoms. The molecule has 4 rings (SSSR count). The molecule has 1 N–H and O–H groups in total. The van der Waals surface area contributed by atoms with Gasteiger partial charge in [-0.25, -0.2) is 0 Å². The van der Waals surface area contributed by atoms with Crippen molar-refractivity contribution >= 4 is 0 Å². The minimum absolute atomic E-state index is 0.340. The fraction of sp³-hybridized carbons (Fsp3) is 0.250. The van der Waals surface area contributed by atoms with Gasteiger partial charge in [-0.15, -0.1) is 0 Å². The maximum atomic E-state index is 5.57. The van der Waals surface area contributed by atoms with Crippen LogP contribution in [0.2, 0.25) is 0 Å². The molecular formula is C16H15NO. The fourth-order valence-electron chi connectivity index (χ4n) is 2.98. The van der Waals surface area contributed by atoms with E-state index in [4.69, 9.17) is 4.74 Å². The first-order valence-electron chi connectivity index (χ1n) is 6.48. The largest absolute Gasteiger partial charge is 0.493 e. The molecule has 0 spiro atoms. The van der Waals surface area contributed by atoms with E-state index in [1.54, 1.807) is 0 Å². The van der Waals surface area contributed by atoms with Crippen LogP contribution in [0.4, 0.5) is 0 Å². The van der Waals surface area contributed by atoms with E-state index < -0.39 is 0 Å². The summed E-state index contributed by atoms with van der Waals surface area (Å²) in [6.45, 7) is 1.79. The predicted octanol–water partition coefficient (Wildman–Crippen LogP) is 2.81. The number of rotatable bonds is 1. The van der Waals surface area contributed by atoms with Crippen molar-refractivity contribution in [2.24, 2.45) is 0 Å². The Kier molecular flexibility index (Phi) is 2.17.